The number of rotatable bonds is 5. The van der Waals surface area contributed by atoms with Crippen LogP contribution in [0.3, 0.4) is 0 Å². The Balaban J connectivity index is 2.42. The van der Waals surface area contributed by atoms with Gasteiger partial charge in [-0.25, -0.2) is 9.18 Å². The Morgan fingerprint density at radius 2 is 2.04 bits per heavy atom. The van der Waals surface area contributed by atoms with Gasteiger partial charge in [0.25, 0.3) is 5.91 Å². The monoisotopic (exact) mass is 319 g/mol. The van der Waals surface area contributed by atoms with E-state index in [1.54, 1.807) is 6.92 Å². The highest BCUT2D eigenvalue weighted by Crippen LogP contribution is 2.20. The van der Waals surface area contributed by atoms with Crippen LogP contribution in [0.25, 0.3) is 10.9 Å². The molecule has 8 heteroatoms. The molecule has 1 atom stereocenters. The van der Waals surface area contributed by atoms with E-state index >= 15 is 0 Å². The molecule has 2 rings (SSSR count). The van der Waals surface area contributed by atoms with Crippen LogP contribution in [0.4, 0.5) is 4.39 Å². The lowest BCUT2D eigenvalue weighted by molar-refractivity contribution is -0.140. The molecule has 1 aromatic heterocycles. The van der Waals surface area contributed by atoms with E-state index in [2.05, 4.69) is 10.3 Å². The van der Waals surface area contributed by atoms with Crippen molar-refractivity contribution in [2.24, 2.45) is 5.73 Å². The van der Waals surface area contributed by atoms with Gasteiger partial charge in [-0.3, -0.25) is 14.6 Å². The largest absolute Gasteiger partial charge is 0.480 e. The average Bonchev–Trinajstić information content (AvgIpc) is 2.45. The third-order valence-electron chi connectivity index (χ3n) is 3.15. The predicted molar refractivity (Wildman–Crippen MR) is 79.1 cm³/mol. The smallest absolute Gasteiger partial charge is 0.326 e. The molecule has 1 unspecified atom stereocenters. The van der Waals surface area contributed by atoms with Crippen molar-refractivity contribution >= 4 is 28.7 Å². The van der Waals surface area contributed by atoms with E-state index in [1.807, 2.05) is 0 Å². The first-order chi connectivity index (χ1) is 10.8. The van der Waals surface area contributed by atoms with E-state index in [0.29, 0.717) is 11.2 Å². The molecule has 2 amide bonds. The number of amides is 2. The minimum Gasteiger partial charge on any atom is -0.480 e. The second-order valence-corrected chi connectivity index (χ2v) is 5.01. The molecule has 1 heterocycles. The van der Waals surface area contributed by atoms with Crippen LogP contribution in [0.15, 0.2) is 24.3 Å². The summed E-state index contributed by atoms with van der Waals surface area (Å²) in [5, 5.41) is 11.5. The first-order valence-corrected chi connectivity index (χ1v) is 6.67. The summed E-state index contributed by atoms with van der Waals surface area (Å²) in [6, 6.07) is 3.73. The standard InChI is InChI=1S/C15H14FN3O4/c1-7-4-10(9-5-8(16)2-3-11(9)18-7)14(21)19-12(15(22)23)6-13(17)20/h2-5,12H,6H2,1H3,(H2,17,20)(H,19,21)(H,22,23). The van der Waals surface area contributed by atoms with Crippen LogP contribution >= 0.6 is 0 Å². The van der Waals surface area contributed by atoms with Crippen molar-refractivity contribution in [3.8, 4) is 0 Å². The summed E-state index contributed by atoms with van der Waals surface area (Å²) >= 11 is 0. The second-order valence-electron chi connectivity index (χ2n) is 5.01. The van der Waals surface area contributed by atoms with Gasteiger partial charge < -0.3 is 16.2 Å². The van der Waals surface area contributed by atoms with Crippen molar-refractivity contribution in [1.82, 2.24) is 10.3 Å². The van der Waals surface area contributed by atoms with E-state index in [9.17, 15) is 18.8 Å². The van der Waals surface area contributed by atoms with E-state index in [0.717, 1.165) is 6.07 Å². The Kier molecular flexibility index (Phi) is 4.54. The number of pyridine rings is 1. The molecule has 2 aromatic rings. The number of aryl methyl sites for hydroxylation is 1. The minimum atomic E-state index is -1.46. The number of primary amides is 1. The highest BCUT2D eigenvalue weighted by atomic mass is 19.1. The third kappa shape index (κ3) is 3.79. The zero-order chi connectivity index (χ0) is 17.1. The summed E-state index contributed by atoms with van der Waals surface area (Å²) in [6.45, 7) is 1.65. The zero-order valence-electron chi connectivity index (χ0n) is 12.2. The van der Waals surface area contributed by atoms with Gasteiger partial charge in [0.05, 0.1) is 17.5 Å². The van der Waals surface area contributed by atoms with Crippen LogP contribution in [0.5, 0.6) is 0 Å². The number of nitrogens with two attached hydrogens (primary N) is 1. The summed E-state index contributed by atoms with van der Waals surface area (Å²) in [4.78, 5) is 38.5. The maximum Gasteiger partial charge on any atom is 0.326 e. The molecule has 4 N–H and O–H groups in total. The Morgan fingerprint density at radius 1 is 1.35 bits per heavy atom. The molecule has 0 aliphatic heterocycles. The van der Waals surface area contributed by atoms with Gasteiger partial charge in [-0.05, 0) is 31.2 Å². The first kappa shape index (κ1) is 16.3. The molecule has 0 aliphatic carbocycles. The number of carboxylic acids is 1. The van der Waals surface area contributed by atoms with Gasteiger partial charge in [-0.15, -0.1) is 0 Å². The second kappa shape index (κ2) is 6.39. The number of benzene rings is 1. The molecule has 7 nitrogen and oxygen atoms in total. The van der Waals surface area contributed by atoms with Gasteiger partial charge in [0.1, 0.15) is 11.9 Å². The summed E-state index contributed by atoms with van der Waals surface area (Å²) in [5.41, 5.74) is 5.95. The molecule has 0 bridgehead atoms. The SMILES string of the molecule is Cc1cc(C(=O)NC(CC(N)=O)C(=O)O)c2cc(F)ccc2n1. The fraction of sp³-hybridized carbons (Fsp3) is 0.200. The maximum atomic E-state index is 13.4. The lowest BCUT2D eigenvalue weighted by atomic mass is 10.1. The Hall–Kier alpha value is -3.03. The summed E-state index contributed by atoms with van der Waals surface area (Å²) in [7, 11) is 0. The molecule has 1 aromatic carbocycles. The van der Waals surface area contributed by atoms with Crippen molar-refractivity contribution in [1.29, 1.82) is 0 Å². The summed E-state index contributed by atoms with van der Waals surface area (Å²) < 4.78 is 13.4. The van der Waals surface area contributed by atoms with Gasteiger partial charge in [-0.2, -0.15) is 0 Å². The molecule has 23 heavy (non-hydrogen) atoms. The van der Waals surface area contributed by atoms with Crippen molar-refractivity contribution in [2.75, 3.05) is 0 Å². The Morgan fingerprint density at radius 3 is 2.65 bits per heavy atom. The van der Waals surface area contributed by atoms with Crippen LogP contribution in [0, 0.1) is 12.7 Å². The van der Waals surface area contributed by atoms with Crippen molar-refractivity contribution < 1.29 is 23.9 Å². The van der Waals surface area contributed by atoms with Crippen LogP contribution in [-0.4, -0.2) is 33.9 Å². The van der Waals surface area contributed by atoms with Gasteiger partial charge >= 0.3 is 5.97 Å². The number of carboxylic acid groups (broad SMARTS) is 1. The number of carbonyl (C=O) groups is 3. The highest BCUT2D eigenvalue weighted by Gasteiger charge is 2.24. The summed E-state index contributed by atoms with van der Waals surface area (Å²) in [5.74, 6) is -3.55. The molecule has 0 radical (unpaired) electrons. The number of carbonyl (C=O) groups excluding carboxylic acids is 2. The molecule has 0 fully saturated rings. The van der Waals surface area contributed by atoms with E-state index in [1.165, 1.54) is 18.2 Å². The average molecular weight is 319 g/mol. The van der Waals surface area contributed by atoms with E-state index in [4.69, 9.17) is 10.8 Å². The molecular formula is C15H14FN3O4. The number of halogens is 1. The summed E-state index contributed by atoms with van der Waals surface area (Å²) in [6.07, 6.45) is -0.544. The van der Waals surface area contributed by atoms with Crippen molar-refractivity contribution in [2.45, 2.75) is 19.4 Å². The quantitative estimate of drug-likeness (QED) is 0.750. The number of hydrogen-bond donors (Lipinski definition) is 3. The Bertz CT molecular complexity index is 807. The topological polar surface area (TPSA) is 122 Å². The van der Waals surface area contributed by atoms with Gasteiger partial charge in [0.15, 0.2) is 0 Å². The number of aliphatic carboxylic acids is 1. The zero-order valence-corrected chi connectivity index (χ0v) is 12.2. The normalized spacial score (nSPS) is 11.9. The van der Waals surface area contributed by atoms with Gasteiger partial charge in [0, 0.05) is 11.1 Å². The van der Waals surface area contributed by atoms with Gasteiger partial charge in [-0.1, -0.05) is 0 Å². The van der Waals surface area contributed by atoms with Crippen LogP contribution in [-0.2, 0) is 9.59 Å². The Labute approximate surface area is 130 Å². The minimum absolute atomic E-state index is 0.0720. The molecule has 0 spiro atoms. The van der Waals surface area contributed by atoms with Crippen LogP contribution in [0.2, 0.25) is 0 Å². The molecule has 0 saturated carbocycles. The number of nitrogens with zero attached hydrogens (tertiary/aromatic N) is 1. The predicted octanol–water partition coefficient (Wildman–Crippen LogP) is 0.741. The van der Waals surface area contributed by atoms with E-state index < -0.39 is 36.1 Å². The maximum absolute atomic E-state index is 13.4. The molecular weight excluding hydrogens is 305 g/mol. The number of fused-ring (bicyclic) bond motifs is 1. The third-order valence-corrected chi connectivity index (χ3v) is 3.15. The van der Waals surface area contributed by atoms with Gasteiger partial charge in [0.2, 0.25) is 5.91 Å². The highest BCUT2D eigenvalue weighted by molar-refractivity contribution is 6.07. The molecule has 120 valence electrons. The van der Waals surface area contributed by atoms with E-state index in [-0.39, 0.29) is 10.9 Å². The number of aromatic nitrogens is 1. The van der Waals surface area contributed by atoms with Crippen molar-refractivity contribution in [3.63, 3.8) is 0 Å². The molecule has 0 aliphatic rings. The first-order valence-electron chi connectivity index (χ1n) is 6.67. The lowest BCUT2D eigenvalue weighted by Gasteiger charge is -2.14. The fourth-order valence-corrected chi connectivity index (χ4v) is 2.16. The number of hydrogen-bond acceptors (Lipinski definition) is 4. The van der Waals surface area contributed by atoms with Crippen molar-refractivity contribution in [3.05, 3.63) is 41.3 Å². The molecule has 0 saturated heterocycles. The lowest BCUT2D eigenvalue weighted by Crippen LogP contribution is -2.43. The van der Waals surface area contributed by atoms with Crippen LogP contribution < -0.4 is 11.1 Å². The van der Waals surface area contributed by atoms with Crippen LogP contribution in [0.1, 0.15) is 22.5 Å². The number of nitrogens with one attached hydrogen (secondary N) is 1. The fourth-order valence-electron chi connectivity index (χ4n) is 2.16.